The van der Waals surface area contributed by atoms with Crippen molar-refractivity contribution in [3.8, 4) is 11.3 Å². The summed E-state index contributed by atoms with van der Waals surface area (Å²) in [6.07, 6.45) is 6.22. The minimum atomic E-state index is -0.0664. The van der Waals surface area contributed by atoms with Crippen molar-refractivity contribution in [1.82, 2.24) is 14.5 Å². The van der Waals surface area contributed by atoms with Crippen LogP contribution in [0.4, 0.5) is 5.69 Å². The SMILES string of the molecule is Cc1ccc(-c2cnc(CCC(=O)Nc3ccc(Cn4ccnc4C)cc3)o2)cc1. The zero-order valence-corrected chi connectivity index (χ0v) is 17.1. The van der Waals surface area contributed by atoms with Crippen LogP contribution in [0.1, 0.15) is 29.3 Å². The summed E-state index contributed by atoms with van der Waals surface area (Å²) in [5, 5.41) is 2.93. The third-order valence-corrected chi connectivity index (χ3v) is 4.97. The summed E-state index contributed by atoms with van der Waals surface area (Å²) in [6.45, 7) is 4.78. The highest BCUT2D eigenvalue weighted by Gasteiger charge is 2.09. The molecule has 2 aromatic heterocycles. The van der Waals surface area contributed by atoms with Gasteiger partial charge in [0.1, 0.15) is 5.82 Å². The number of aromatic nitrogens is 3. The van der Waals surface area contributed by atoms with Crippen molar-refractivity contribution in [1.29, 1.82) is 0 Å². The standard InChI is InChI=1S/C24H24N4O2/c1-17-3-7-20(8-4-17)22-15-26-24(30-22)12-11-23(29)27-21-9-5-19(6-10-21)16-28-14-13-25-18(28)2/h3-10,13-15H,11-12,16H2,1-2H3,(H,27,29). The number of imidazole rings is 1. The van der Waals surface area contributed by atoms with Gasteiger partial charge in [-0.2, -0.15) is 0 Å². The Kier molecular flexibility index (Phi) is 5.75. The molecule has 0 aliphatic rings. The average molecular weight is 400 g/mol. The van der Waals surface area contributed by atoms with E-state index >= 15 is 0 Å². The number of hydrogen-bond acceptors (Lipinski definition) is 4. The molecule has 4 rings (SSSR count). The number of oxazole rings is 1. The van der Waals surface area contributed by atoms with E-state index in [1.54, 1.807) is 12.4 Å². The Hall–Kier alpha value is -3.67. The van der Waals surface area contributed by atoms with Crippen molar-refractivity contribution in [2.24, 2.45) is 0 Å². The number of nitrogens with zero attached hydrogens (tertiary/aromatic N) is 3. The highest BCUT2D eigenvalue weighted by Crippen LogP contribution is 2.21. The van der Waals surface area contributed by atoms with Gasteiger partial charge in [0.25, 0.3) is 0 Å². The first-order valence-electron chi connectivity index (χ1n) is 9.95. The lowest BCUT2D eigenvalue weighted by Gasteiger charge is -2.08. The van der Waals surface area contributed by atoms with Crippen molar-refractivity contribution in [2.45, 2.75) is 33.2 Å². The molecule has 6 nitrogen and oxygen atoms in total. The van der Waals surface area contributed by atoms with Crippen molar-refractivity contribution in [3.63, 3.8) is 0 Å². The second-order valence-corrected chi connectivity index (χ2v) is 7.33. The average Bonchev–Trinajstić information content (AvgIpc) is 3.38. The van der Waals surface area contributed by atoms with E-state index in [9.17, 15) is 4.79 Å². The summed E-state index contributed by atoms with van der Waals surface area (Å²) in [6, 6.07) is 15.9. The molecule has 6 heteroatoms. The molecule has 2 aromatic carbocycles. The lowest BCUT2D eigenvalue weighted by molar-refractivity contribution is -0.116. The molecule has 0 atom stereocenters. The Bertz CT molecular complexity index is 1120. The molecule has 0 radical (unpaired) electrons. The Labute approximate surface area is 175 Å². The zero-order chi connectivity index (χ0) is 20.9. The van der Waals surface area contributed by atoms with Gasteiger partial charge in [0, 0.05) is 43.0 Å². The van der Waals surface area contributed by atoms with Gasteiger partial charge in [-0.05, 0) is 31.5 Å². The summed E-state index contributed by atoms with van der Waals surface area (Å²) < 4.78 is 7.87. The number of hydrogen-bond donors (Lipinski definition) is 1. The molecule has 1 N–H and O–H groups in total. The van der Waals surface area contributed by atoms with Crippen LogP contribution in [0.5, 0.6) is 0 Å². The molecule has 1 amide bonds. The maximum atomic E-state index is 12.3. The first kappa shape index (κ1) is 19.6. The summed E-state index contributed by atoms with van der Waals surface area (Å²) in [5.74, 6) is 2.19. The van der Waals surface area contributed by atoms with Crippen LogP contribution in [0.25, 0.3) is 11.3 Å². The van der Waals surface area contributed by atoms with E-state index in [-0.39, 0.29) is 5.91 Å². The van der Waals surface area contributed by atoms with Gasteiger partial charge in [-0.25, -0.2) is 9.97 Å². The highest BCUT2D eigenvalue weighted by molar-refractivity contribution is 5.90. The predicted octanol–water partition coefficient (Wildman–Crippen LogP) is 4.77. The van der Waals surface area contributed by atoms with E-state index in [1.165, 1.54) is 5.56 Å². The third kappa shape index (κ3) is 4.84. The van der Waals surface area contributed by atoms with Crippen LogP contribution in [0, 0.1) is 13.8 Å². The number of aryl methyl sites for hydroxylation is 3. The fraction of sp³-hybridized carbons (Fsp3) is 0.208. The summed E-state index contributed by atoms with van der Waals surface area (Å²) in [5.41, 5.74) is 4.10. The molecule has 0 fully saturated rings. The molecular weight excluding hydrogens is 376 g/mol. The molecule has 0 saturated carbocycles. The number of anilines is 1. The van der Waals surface area contributed by atoms with Crippen LogP contribution in [0.15, 0.2) is 71.5 Å². The quantitative estimate of drug-likeness (QED) is 0.485. The van der Waals surface area contributed by atoms with Gasteiger partial charge in [-0.3, -0.25) is 4.79 Å². The van der Waals surface area contributed by atoms with Crippen LogP contribution in [-0.4, -0.2) is 20.4 Å². The van der Waals surface area contributed by atoms with E-state index in [0.717, 1.165) is 29.2 Å². The first-order valence-corrected chi connectivity index (χ1v) is 9.95. The molecule has 0 aliphatic heterocycles. The Balaban J connectivity index is 1.29. The van der Waals surface area contributed by atoms with E-state index in [4.69, 9.17) is 4.42 Å². The second kappa shape index (κ2) is 8.78. The summed E-state index contributed by atoms with van der Waals surface area (Å²) in [7, 11) is 0. The number of nitrogens with one attached hydrogen (secondary N) is 1. The second-order valence-electron chi connectivity index (χ2n) is 7.33. The van der Waals surface area contributed by atoms with Gasteiger partial charge in [0.05, 0.1) is 6.20 Å². The fourth-order valence-corrected chi connectivity index (χ4v) is 3.18. The smallest absolute Gasteiger partial charge is 0.224 e. The molecule has 0 aliphatic carbocycles. The molecular formula is C24H24N4O2. The third-order valence-electron chi connectivity index (χ3n) is 4.97. The minimum absolute atomic E-state index is 0.0664. The van der Waals surface area contributed by atoms with Crippen molar-refractivity contribution < 1.29 is 9.21 Å². The maximum absolute atomic E-state index is 12.3. The Morgan fingerprint density at radius 2 is 1.80 bits per heavy atom. The van der Waals surface area contributed by atoms with Crippen LogP contribution >= 0.6 is 0 Å². The monoisotopic (exact) mass is 400 g/mol. The van der Waals surface area contributed by atoms with Gasteiger partial charge in [-0.15, -0.1) is 0 Å². The first-order chi connectivity index (χ1) is 14.6. The zero-order valence-electron chi connectivity index (χ0n) is 17.1. The maximum Gasteiger partial charge on any atom is 0.224 e. The molecule has 2 heterocycles. The van der Waals surface area contributed by atoms with Crippen LogP contribution in [0.3, 0.4) is 0 Å². The number of rotatable bonds is 7. The minimum Gasteiger partial charge on any atom is -0.441 e. The normalized spacial score (nSPS) is 10.9. The lowest BCUT2D eigenvalue weighted by Crippen LogP contribution is -2.12. The predicted molar refractivity (Wildman–Crippen MR) is 116 cm³/mol. The number of amides is 1. The van der Waals surface area contributed by atoms with E-state index in [2.05, 4.69) is 19.9 Å². The lowest BCUT2D eigenvalue weighted by atomic mass is 10.1. The number of carbonyl (C=O) groups excluding carboxylic acids is 1. The van der Waals surface area contributed by atoms with Crippen LogP contribution in [0.2, 0.25) is 0 Å². The van der Waals surface area contributed by atoms with Crippen LogP contribution in [-0.2, 0) is 17.8 Å². The summed E-state index contributed by atoms with van der Waals surface area (Å²) >= 11 is 0. The molecule has 0 unspecified atom stereocenters. The van der Waals surface area contributed by atoms with Gasteiger partial charge in [-0.1, -0.05) is 42.0 Å². The van der Waals surface area contributed by atoms with Crippen molar-refractivity contribution >= 4 is 11.6 Å². The van der Waals surface area contributed by atoms with Gasteiger partial charge < -0.3 is 14.3 Å². The highest BCUT2D eigenvalue weighted by atomic mass is 16.4. The molecule has 152 valence electrons. The molecule has 0 bridgehead atoms. The molecule has 0 saturated heterocycles. The van der Waals surface area contributed by atoms with Crippen molar-refractivity contribution in [2.75, 3.05) is 5.32 Å². The largest absolute Gasteiger partial charge is 0.441 e. The van der Waals surface area contributed by atoms with E-state index < -0.39 is 0 Å². The van der Waals surface area contributed by atoms with Gasteiger partial charge in [0.2, 0.25) is 5.91 Å². The van der Waals surface area contributed by atoms with E-state index in [1.807, 2.05) is 68.6 Å². The fourth-order valence-electron chi connectivity index (χ4n) is 3.18. The van der Waals surface area contributed by atoms with Gasteiger partial charge >= 0.3 is 0 Å². The molecule has 0 spiro atoms. The van der Waals surface area contributed by atoms with E-state index in [0.29, 0.717) is 24.5 Å². The van der Waals surface area contributed by atoms with Crippen LogP contribution < -0.4 is 5.32 Å². The Morgan fingerprint density at radius 3 is 2.50 bits per heavy atom. The topological polar surface area (TPSA) is 73.0 Å². The summed E-state index contributed by atoms with van der Waals surface area (Å²) in [4.78, 5) is 20.8. The Morgan fingerprint density at radius 1 is 1.03 bits per heavy atom. The number of carbonyl (C=O) groups is 1. The molecule has 30 heavy (non-hydrogen) atoms. The number of benzene rings is 2. The van der Waals surface area contributed by atoms with Gasteiger partial charge in [0.15, 0.2) is 11.7 Å². The van der Waals surface area contributed by atoms with Crippen molar-refractivity contribution in [3.05, 3.63) is 90.0 Å². The molecule has 4 aromatic rings.